The van der Waals surface area contributed by atoms with Crippen LogP contribution in [0.2, 0.25) is 0 Å². The van der Waals surface area contributed by atoms with E-state index in [1.165, 1.54) is 17.2 Å². The summed E-state index contributed by atoms with van der Waals surface area (Å²) in [4.78, 5) is 7.69. The molecule has 0 radical (unpaired) electrons. The molecule has 0 fully saturated rings. The van der Waals surface area contributed by atoms with Gasteiger partial charge in [-0.15, -0.1) is 4.28 Å². The molecule has 3 N–H and O–H groups in total. The SMILES string of the molecule is CN(OS(=O)O)c1ccc2c(-c3ccncc3)c(-c3ccc(F)cc3)[nH]c2c1C1=CC=CC=CN1. The second-order valence-electron chi connectivity index (χ2n) is 7.76. The van der Waals surface area contributed by atoms with Crippen molar-refractivity contribution in [1.82, 2.24) is 15.3 Å². The molecule has 1 atom stereocenters. The number of aromatic amines is 1. The Morgan fingerprint density at radius 1 is 0.971 bits per heavy atom. The minimum Gasteiger partial charge on any atom is -0.361 e. The molecular formula is C26H21FN4O3S. The molecule has 4 aromatic rings. The summed E-state index contributed by atoms with van der Waals surface area (Å²) in [6.45, 7) is 0. The van der Waals surface area contributed by atoms with Crippen molar-refractivity contribution in [2.75, 3.05) is 12.1 Å². The first kappa shape index (κ1) is 22.7. The Hall–Kier alpha value is -4.05. The highest BCUT2D eigenvalue weighted by atomic mass is 32.2. The number of hydrogen-bond donors (Lipinski definition) is 3. The summed E-state index contributed by atoms with van der Waals surface area (Å²) in [6.07, 6.45) is 12.8. The molecule has 1 aliphatic rings. The maximum Gasteiger partial charge on any atom is 0.325 e. The number of fused-ring (bicyclic) bond motifs is 1. The highest BCUT2D eigenvalue weighted by molar-refractivity contribution is 7.74. The van der Waals surface area contributed by atoms with E-state index in [1.54, 1.807) is 37.8 Å². The predicted molar refractivity (Wildman–Crippen MR) is 137 cm³/mol. The van der Waals surface area contributed by atoms with Crippen LogP contribution in [0.5, 0.6) is 0 Å². The first-order chi connectivity index (χ1) is 17.0. The topological polar surface area (TPSA) is 90.5 Å². The summed E-state index contributed by atoms with van der Waals surface area (Å²) in [5.41, 5.74) is 6.30. The van der Waals surface area contributed by atoms with E-state index in [9.17, 15) is 13.2 Å². The van der Waals surface area contributed by atoms with Crippen LogP contribution < -0.4 is 10.4 Å². The molecule has 1 unspecified atom stereocenters. The lowest BCUT2D eigenvalue weighted by Gasteiger charge is -2.21. The van der Waals surface area contributed by atoms with E-state index in [0.717, 1.165) is 44.5 Å². The van der Waals surface area contributed by atoms with Crippen LogP contribution in [-0.2, 0) is 15.6 Å². The van der Waals surface area contributed by atoms with Gasteiger partial charge in [-0.2, -0.15) is 4.21 Å². The summed E-state index contributed by atoms with van der Waals surface area (Å²) in [7, 11) is 1.56. The average molecular weight is 489 g/mol. The number of hydrogen-bond acceptors (Lipinski definition) is 5. The molecule has 2 aromatic heterocycles. The van der Waals surface area contributed by atoms with E-state index in [1.807, 2.05) is 48.6 Å². The molecule has 1 aliphatic heterocycles. The van der Waals surface area contributed by atoms with E-state index < -0.39 is 11.4 Å². The maximum absolute atomic E-state index is 13.7. The van der Waals surface area contributed by atoms with E-state index in [4.69, 9.17) is 4.28 Å². The number of nitrogens with one attached hydrogen (secondary N) is 2. The number of halogens is 1. The number of benzene rings is 2. The molecular weight excluding hydrogens is 467 g/mol. The Balaban J connectivity index is 1.84. The van der Waals surface area contributed by atoms with Crippen molar-refractivity contribution < 1.29 is 17.4 Å². The van der Waals surface area contributed by atoms with Gasteiger partial charge >= 0.3 is 11.4 Å². The van der Waals surface area contributed by atoms with Crippen LogP contribution in [0.4, 0.5) is 10.1 Å². The van der Waals surface area contributed by atoms with E-state index >= 15 is 0 Å². The van der Waals surface area contributed by atoms with E-state index in [0.29, 0.717) is 5.69 Å². The second kappa shape index (κ2) is 9.67. The molecule has 0 spiro atoms. The highest BCUT2D eigenvalue weighted by Crippen LogP contribution is 2.43. The smallest absolute Gasteiger partial charge is 0.325 e. The number of aromatic nitrogens is 2. The minimum absolute atomic E-state index is 0.319. The third-order valence-electron chi connectivity index (χ3n) is 5.66. The van der Waals surface area contributed by atoms with Gasteiger partial charge in [0.05, 0.1) is 16.9 Å². The third-order valence-corrected chi connectivity index (χ3v) is 6.01. The molecule has 35 heavy (non-hydrogen) atoms. The Kier molecular flexibility index (Phi) is 6.28. The van der Waals surface area contributed by atoms with Gasteiger partial charge in [0.25, 0.3) is 0 Å². The van der Waals surface area contributed by atoms with Crippen molar-refractivity contribution >= 4 is 33.6 Å². The Morgan fingerprint density at radius 3 is 2.49 bits per heavy atom. The van der Waals surface area contributed by atoms with Gasteiger partial charge in [-0.05, 0) is 71.8 Å². The molecule has 0 saturated carbocycles. The van der Waals surface area contributed by atoms with Crippen molar-refractivity contribution in [2.24, 2.45) is 0 Å². The lowest BCUT2D eigenvalue weighted by molar-refractivity contribution is 0.295. The summed E-state index contributed by atoms with van der Waals surface area (Å²) >= 11 is -2.50. The Labute approximate surface area is 203 Å². The van der Waals surface area contributed by atoms with Crippen molar-refractivity contribution in [2.45, 2.75) is 0 Å². The fourth-order valence-corrected chi connectivity index (χ4v) is 4.46. The average Bonchev–Trinajstić information content (AvgIpc) is 3.03. The van der Waals surface area contributed by atoms with Crippen LogP contribution >= 0.6 is 0 Å². The maximum atomic E-state index is 13.7. The third kappa shape index (κ3) is 4.52. The molecule has 5 rings (SSSR count). The monoisotopic (exact) mass is 488 g/mol. The Bertz CT molecular complexity index is 1490. The summed E-state index contributed by atoms with van der Waals surface area (Å²) in [6, 6.07) is 13.9. The molecule has 176 valence electrons. The molecule has 0 amide bonds. The normalized spacial score (nSPS) is 13.9. The number of anilines is 1. The lowest BCUT2D eigenvalue weighted by Crippen LogP contribution is -2.21. The first-order valence-corrected chi connectivity index (χ1v) is 11.7. The predicted octanol–water partition coefficient (Wildman–Crippen LogP) is 5.55. The van der Waals surface area contributed by atoms with Gasteiger partial charge in [0.15, 0.2) is 0 Å². The summed E-state index contributed by atoms with van der Waals surface area (Å²) in [5, 5.41) is 5.44. The highest BCUT2D eigenvalue weighted by Gasteiger charge is 2.23. The second-order valence-corrected chi connectivity index (χ2v) is 8.34. The van der Waals surface area contributed by atoms with Gasteiger partial charge in [0.2, 0.25) is 0 Å². The van der Waals surface area contributed by atoms with Crippen LogP contribution in [-0.4, -0.2) is 25.8 Å². The molecule has 7 nitrogen and oxygen atoms in total. The van der Waals surface area contributed by atoms with Gasteiger partial charge in [-0.1, -0.05) is 12.2 Å². The van der Waals surface area contributed by atoms with Crippen molar-refractivity contribution in [3.8, 4) is 22.4 Å². The van der Waals surface area contributed by atoms with Crippen LogP contribution in [0, 0.1) is 5.82 Å². The Morgan fingerprint density at radius 2 is 1.74 bits per heavy atom. The standard InChI is InChI=1S/C26H21FN4O3S/c1-31(34-35(32)33)22-11-10-20-23(17-12-15-28-16-13-17)25(18-6-8-19(27)9-7-18)30-26(20)24(22)21-5-3-2-4-14-29-21/h2-16,29-30H,1H3,(H,32,33). The van der Waals surface area contributed by atoms with Crippen molar-refractivity contribution in [3.63, 3.8) is 0 Å². The summed E-state index contributed by atoms with van der Waals surface area (Å²) in [5.74, 6) is -0.319. The van der Waals surface area contributed by atoms with Gasteiger partial charge < -0.3 is 10.3 Å². The molecule has 2 aromatic carbocycles. The van der Waals surface area contributed by atoms with Gasteiger partial charge in [0, 0.05) is 47.9 Å². The lowest BCUT2D eigenvalue weighted by atomic mass is 9.97. The summed E-state index contributed by atoms with van der Waals surface area (Å²) < 4.78 is 39.5. The minimum atomic E-state index is -2.50. The van der Waals surface area contributed by atoms with E-state index in [2.05, 4.69) is 15.3 Å². The van der Waals surface area contributed by atoms with E-state index in [-0.39, 0.29) is 5.82 Å². The number of hydroxylamine groups is 1. The van der Waals surface area contributed by atoms with Gasteiger partial charge in [0.1, 0.15) is 5.82 Å². The zero-order valence-corrected chi connectivity index (χ0v) is 19.4. The zero-order chi connectivity index (χ0) is 24.4. The van der Waals surface area contributed by atoms with Crippen LogP contribution in [0.15, 0.2) is 91.4 Å². The molecule has 9 heteroatoms. The van der Waals surface area contributed by atoms with Crippen LogP contribution in [0.25, 0.3) is 39.0 Å². The van der Waals surface area contributed by atoms with Gasteiger partial charge in [-0.25, -0.2) is 9.45 Å². The number of H-pyrrole nitrogens is 1. The fraction of sp³-hybridized carbons (Fsp3) is 0.0385. The molecule has 3 heterocycles. The number of allylic oxidation sites excluding steroid dienone is 4. The molecule has 0 aliphatic carbocycles. The number of pyridine rings is 1. The fourth-order valence-electron chi connectivity index (χ4n) is 4.19. The van der Waals surface area contributed by atoms with Crippen LogP contribution in [0.3, 0.4) is 0 Å². The quantitative estimate of drug-likeness (QED) is 0.243. The first-order valence-electron chi connectivity index (χ1n) is 10.7. The molecule has 0 bridgehead atoms. The van der Waals surface area contributed by atoms with Crippen LogP contribution in [0.1, 0.15) is 5.56 Å². The van der Waals surface area contributed by atoms with Gasteiger partial charge in [-0.3, -0.25) is 9.54 Å². The number of rotatable bonds is 6. The largest absolute Gasteiger partial charge is 0.361 e. The zero-order valence-electron chi connectivity index (χ0n) is 18.6. The molecule has 0 saturated heterocycles. The van der Waals surface area contributed by atoms with Crippen molar-refractivity contribution in [1.29, 1.82) is 0 Å². The van der Waals surface area contributed by atoms with Crippen molar-refractivity contribution in [3.05, 3.63) is 103 Å². The number of nitrogens with zero attached hydrogens (tertiary/aromatic N) is 2.